The molecular formula is C59H58N4O11. The van der Waals surface area contributed by atoms with Crippen molar-refractivity contribution in [2.24, 2.45) is 5.92 Å². The second kappa shape index (κ2) is 21.2. The number of imide groups is 1. The Morgan fingerprint density at radius 2 is 1.54 bits per heavy atom. The van der Waals surface area contributed by atoms with Gasteiger partial charge in [0.1, 0.15) is 36.5 Å². The maximum atomic E-state index is 16.8. The van der Waals surface area contributed by atoms with Crippen LogP contribution in [0.3, 0.4) is 0 Å². The van der Waals surface area contributed by atoms with Crippen LogP contribution in [0, 0.1) is 17.8 Å². The van der Waals surface area contributed by atoms with Crippen LogP contribution in [-0.4, -0.2) is 116 Å². The van der Waals surface area contributed by atoms with Crippen molar-refractivity contribution in [1.29, 1.82) is 0 Å². The molecule has 0 saturated carbocycles. The van der Waals surface area contributed by atoms with Crippen LogP contribution in [0.15, 0.2) is 133 Å². The SMILES string of the molecule is COCCOC(=O)N1C(=O)[C@@]2(c3cc(C#CC4=CCCCC4)ccc31)[C@H](c1ccccc1OCCO)N1[C@H](c3ccccc3)[C@H](c3ccccc3)OC(=O)[C@H]1[C@@H]2C(=O)N1CCN(Cc2ccc3c(c2)OCO3)CC1. The van der Waals surface area contributed by atoms with Gasteiger partial charge in [-0.05, 0) is 89.9 Å². The molecule has 3 saturated heterocycles. The average molecular weight is 999 g/mol. The number of methoxy groups -OCH3 is 1. The van der Waals surface area contributed by atoms with Gasteiger partial charge in [0, 0.05) is 51.0 Å². The molecular weight excluding hydrogens is 941 g/mol. The Kier molecular flexibility index (Phi) is 13.9. The van der Waals surface area contributed by atoms with E-state index in [1.165, 1.54) is 7.11 Å². The van der Waals surface area contributed by atoms with E-state index in [-0.39, 0.29) is 52.0 Å². The zero-order chi connectivity index (χ0) is 50.8. The van der Waals surface area contributed by atoms with Crippen LogP contribution in [-0.2, 0) is 40.6 Å². The van der Waals surface area contributed by atoms with E-state index in [1.54, 1.807) is 29.2 Å². The fourth-order valence-corrected chi connectivity index (χ4v) is 11.9. The molecule has 0 unspecified atom stereocenters. The van der Waals surface area contributed by atoms with Crippen molar-refractivity contribution in [3.63, 3.8) is 0 Å². The number of fused-ring (bicyclic) bond motifs is 4. The predicted molar refractivity (Wildman–Crippen MR) is 272 cm³/mol. The second-order valence-electron chi connectivity index (χ2n) is 19.4. The monoisotopic (exact) mass is 998 g/mol. The normalized spacial score (nSPS) is 24.1. The first-order chi connectivity index (χ1) is 36.3. The van der Waals surface area contributed by atoms with Crippen molar-refractivity contribution >= 4 is 29.6 Å². The van der Waals surface area contributed by atoms with Gasteiger partial charge in [-0.3, -0.25) is 24.2 Å². The number of piperazine rings is 1. The molecule has 6 aliphatic rings. The number of morpholine rings is 1. The number of anilines is 1. The summed E-state index contributed by atoms with van der Waals surface area (Å²) < 4.78 is 35.4. The molecule has 1 spiro atoms. The lowest BCUT2D eigenvalue weighted by Gasteiger charge is -2.46. The fraction of sp³-hybridized carbons (Fsp3) is 0.356. The first kappa shape index (κ1) is 48.8. The van der Waals surface area contributed by atoms with Gasteiger partial charge in [-0.1, -0.05) is 103 Å². The van der Waals surface area contributed by atoms with E-state index in [1.807, 2.05) is 102 Å². The van der Waals surface area contributed by atoms with Crippen molar-refractivity contribution in [1.82, 2.24) is 14.7 Å². The van der Waals surface area contributed by atoms with E-state index >= 15 is 14.4 Å². The molecule has 15 heteroatoms. The third-order valence-electron chi connectivity index (χ3n) is 15.2. The van der Waals surface area contributed by atoms with Gasteiger partial charge in [-0.15, -0.1) is 0 Å². The molecule has 74 heavy (non-hydrogen) atoms. The van der Waals surface area contributed by atoms with E-state index in [2.05, 4.69) is 22.8 Å². The summed E-state index contributed by atoms with van der Waals surface area (Å²) >= 11 is 0. The largest absolute Gasteiger partial charge is 0.491 e. The predicted octanol–water partition coefficient (Wildman–Crippen LogP) is 7.43. The quantitative estimate of drug-likeness (QED) is 0.0749. The van der Waals surface area contributed by atoms with E-state index in [0.29, 0.717) is 59.1 Å². The molecule has 5 aliphatic heterocycles. The standard InChI is InChI=1S/C59H58N4O11/c1-69-33-34-71-58(68)62-46-25-23-40(22-21-39-13-5-2-6-14-39)35-45(46)59(57(62)67)50(55(65)61-29-27-60(28-30-61)37-41-24-26-48-49(36-41)73-38-72-48)52-56(66)74-53(43-17-9-4-10-18-43)51(42-15-7-3-8-16-42)63(52)54(59)44-19-11-12-20-47(44)70-32-31-64/h3-4,7-13,15-20,23-26,35-36,50-54,64H,2,5-6,14,27-34,37-38H2,1H3/t50-,51-,52-,53+,54+,59-/m1/s1. The summed E-state index contributed by atoms with van der Waals surface area (Å²) in [5.74, 6) is 5.08. The Bertz CT molecular complexity index is 3020. The lowest BCUT2D eigenvalue weighted by molar-refractivity contribution is -0.179. The number of cyclic esters (lactones) is 1. The molecule has 1 N–H and O–H groups in total. The molecule has 0 radical (unpaired) electrons. The van der Waals surface area contributed by atoms with Crippen LogP contribution >= 0.6 is 0 Å². The topological polar surface area (TPSA) is 157 Å². The van der Waals surface area contributed by atoms with Gasteiger partial charge in [-0.25, -0.2) is 9.69 Å². The Labute approximate surface area is 430 Å². The number of hydrogen-bond donors (Lipinski definition) is 1. The summed E-state index contributed by atoms with van der Waals surface area (Å²) in [4.78, 5) is 70.7. The molecule has 3 fully saturated rings. The third kappa shape index (κ3) is 8.85. The molecule has 0 aromatic heterocycles. The summed E-state index contributed by atoms with van der Waals surface area (Å²) in [6.45, 7) is 1.79. The Morgan fingerprint density at radius 1 is 0.784 bits per heavy atom. The van der Waals surface area contributed by atoms with Crippen LogP contribution in [0.5, 0.6) is 17.2 Å². The number of aliphatic hydroxyl groups excluding tert-OH is 1. The molecule has 0 bridgehead atoms. The van der Waals surface area contributed by atoms with Crippen molar-refractivity contribution in [2.45, 2.75) is 61.9 Å². The van der Waals surface area contributed by atoms with Gasteiger partial charge >= 0.3 is 12.1 Å². The third-order valence-corrected chi connectivity index (χ3v) is 15.2. The number of hydrogen-bond acceptors (Lipinski definition) is 13. The van der Waals surface area contributed by atoms with Crippen molar-refractivity contribution < 1.29 is 52.7 Å². The molecule has 5 heterocycles. The molecule has 11 rings (SSSR count). The molecule has 3 amide bonds. The Morgan fingerprint density at radius 3 is 2.30 bits per heavy atom. The highest BCUT2D eigenvalue weighted by molar-refractivity contribution is 6.23. The van der Waals surface area contributed by atoms with E-state index in [4.69, 9.17) is 28.4 Å². The number of carbonyl (C=O) groups excluding carboxylic acids is 4. The molecule has 5 aromatic rings. The van der Waals surface area contributed by atoms with Gasteiger partial charge in [0.25, 0.3) is 0 Å². The Balaban J connectivity index is 1.13. The van der Waals surface area contributed by atoms with Crippen LogP contribution in [0.1, 0.15) is 77.3 Å². The zero-order valence-electron chi connectivity index (χ0n) is 41.2. The molecule has 5 aromatic carbocycles. The number of aliphatic hydroxyl groups is 1. The Hall–Kier alpha value is -7.48. The number of nitrogens with zero attached hydrogens (tertiary/aromatic N) is 4. The number of benzene rings is 5. The van der Waals surface area contributed by atoms with Gasteiger partial charge < -0.3 is 38.4 Å². The minimum atomic E-state index is -2.04. The van der Waals surface area contributed by atoms with Gasteiger partial charge in [0.05, 0.1) is 36.9 Å². The number of allylic oxidation sites excluding steroid dienone is 2. The number of rotatable bonds is 12. The maximum absolute atomic E-state index is 16.8. The van der Waals surface area contributed by atoms with E-state index in [0.717, 1.165) is 47.3 Å². The lowest BCUT2D eigenvalue weighted by atomic mass is 9.64. The first-order valence-corrected chi connectivity index (χ1v) is 25.5. The average Bonchev–Trinajstić information content (AvgIpc) is 4.18. The summed E-state index contributed by atoms with van der Waals surface area (Å²) in [6, 6.07) is 34.1. The molecule has 380 valence electrons. The highest BCUT2D eigenvalue weighted by atomic mass is 16.7. The van der Waals surface area contributed by atoms with Crippen molar-refractivity contribution in [2.75, 3.05) is 71.4 Å². The fourth-order valence-electron chi connectivity index (χ4n) is 11.9. The van der Waals surface area contributed by atoms with Crippen molar-refractivity contribution in [3.05, 3.63) is 166 Å². The van der Waals surface area contributed by atoms with Crippen molar-refractivity contribution in [3.8, 4) is 29.1 Å². The first-order valence-electron chi connectivity index (χ1n) is 25.5. The van der Waals surface area contributed by atoms with E-state index < -0.39 is 59.4 Å². The van der Waals surface area contributed by atoms with Crippen LogP contribution in [0.2, 0.25) is 0 Å². The van der Waals surface area contributed by atoms with Gasteiger partial charge in [0.2, 0.25) is 18.6 Å². The van der Waals surface area contributed by atoms with Crippen LogP contribution in [0.4, 0.5) is 10.5 Å². The van der Waals surface area contributed by atoms with Gasteiger partial charge in [-0.2, -0.15) is 0 Å². The summed E-state index contributed by atoms with van der Waals surface area (Å²) in [5.41, 5.74) is 3.03. The summed E-state index contributed by atoms with van der Waals surface area (Å²) in [7, 11) is 1.49. The minimum absolute atomic E-state index is 0.0669. The van der Waals surface area contributed by atoms with Gasteiger partial charge in [0.15, 0.2) is 11.5 Å². The van der Waals surface area contributed by atoms with Crippen LogP contribution < -0.4 is 19.1 Å². The summed E-state index contributed by atoms with van der Waals surface area (Å²) in [5, 5.41) is 10.2. The highest BCUT2D eigenvalue weighted by Gasteiger charge is 2.76. The second-order valence-corrected chi connectivity index (χ2v) is 19.4. The number of amides is 3. The lowest BCUT2D eigenvalue weighted by Crippen LogP contribution is -2.59. The summed E-state index contributed by atoms with van der Waals surface area (Å²) in [6.07, 6.45) is 4.17. The highest BCUT2D eigenvalue weighted by Crippen LogP contribution is 2.67. The molecule has 6 atom stereocenters. The maximum Gasteiger partial charge on any atom is 0.421 e. The zero-order valence-corrected chi connectivity index (χ0v) is 41.2. The molecule has 15 nitrogen and oxygen atoms in total. The smallest absolute Gasteiger partial charge is 0.421 e. The number of carbonyl (C=O) groups is 4. The van der Waals surface area contributed by atoms with Crippen LogP contribution in [0.25, 0.3) is 0 Å². The number of esters is 1. The van der Waals surface area contributed by atoms with E-state index in [9.17, 15) is 9.90 Å². The number of para-hydroxylation sites is 1. The molecule has 1 aliphatic carbocycles. The number of ether oxygens (including phenoxy) is 6. The minimum Gasteiger partial charge on any atom is -0.491 e.